The molecule has 8 aromatic rings. The Morgan fingerprint density at radius 1 is 0.611 bits per heavy atom. The van der Waals surface area contributed by atoms with Gasteiger partial charge >= 0.3 is 0 Å². The molecule has 0 spiro atoms. The molecule has 0 saturated heterocycles. The Bertz CT molecular complexity index is 2830. The topological polar surface area (TPSA) is 32.2 Å². The van der Waals surface area contributed by atoms with E-state index in [0.29, 0.717) is 11.8 Å². The second-order valence-electron chi connectivity index (χ2n) is 16.8. The number of fused-ring (bicyclic) bond motifs is 14. The first kappa shape index (κ1) is 31.2. The molecule has 4 nitrogen and oxygen atoms in total. The molecule has 4 heterocycles. The molecule has 54 heavy (non-hydrogen) atoms. The van der Waals surface area contributed by atoms with E-state index >= 15 is 0 Å². The highest BCUT2D eigenvalue weighted by Crippen LogP contribution is 2.54. The summed E-state index contributed by atoms with van der Waals surface area (Å²) in [5.74, 6) is 2.48. The molecule has 2 fully saturated rings. The molecule has 2 unspecified atom stereocenters. The molecule has 12 rings (SSSR count). The first-order valence-electron chi connectivity index (χ1n) is 20.6. The first-order chi connectivity index (χ1) is 26.7. The minimum atomic E-state index is -0.00296. The van der Waals surface area contributed by atoms with E-state index in [2.05, 4.69) is 119 Å². The van der Waals surface area contributed by atoms with Gasteiger partial charge in [-0.1, -0.05) is 105 Å². The van der Waals surface area contributed by atoms with Crippen LogP contribution in [-0.4, -0.2) is 9.13 Å². The SMILES string of the molecule is Cn1c2c(c3c(C4CCCCC4)cccc31)C1Oc3cc(Cn4c5ccccc5c5c6oc7c(C8CCCCC8)cccc7c6ccc54)ccc3C1C=C2. The molecule has 2 atom stereocenters. The van der Waals surface area contributed by atoms with Crippen LogP contribution >= 0.6 is 0 Å². The minimum absolute atomic E-state index is 0.00296. The van der Waals surface area contributed by atoms with Crippen molar-refractivity contribution in [3.8, 4) is 5.75 Å². The van der Waals surface area contributed by atoms with E-state index in [0.717, 1.165) is 23.5 Å². The number of nitrogens with zero attached hydrogens (tertiary/aromatic N) is 2. The summed E-state index contributed by atoms with van der Waals surface area (Å²) < 4.78 is 19.0. The van der Waals surface area contributed by atoms with Crippen molar-refractivity contribution in [3.05, 3.63) is 131 Å². The zero-order chi connectivity index (χ0) is 35.5. The predicted octanol–water partition coefficient (Wildman–Crippen LogP) is 13.6. The third-order valence-corrected chi connectivity index (χ3v) is 14.0. The number of aromatic nitrogens is 2. The number of rotatable bonds is 4. The lowest BCUT2D eigenvalue weighted by molar-refractivity contribution is 0.224. The predicted molar refractivity (Wildman–Crippen MR) is 222 cm³/mol. The molecule has 268 valence electrons. The van der Waals surface area contributed by atoms with Crippen LogP contribution in [0.5, 0.6) is 5.75 Å². The van der Waals surface area contributed by atoms with Gasteiger partial charge in [0.2, 0.25) is 0 Å². The van der Waals surface area contributed by atoms with Crippen molar-refractivity contribution < 1.29 is 9.15 Å². The number of benzene rings is 5. The summed E-state index contributed by atoms with van der Waals surface area (Å²) in [4.78, 5) is 0. The Labute approximate surface area is 316 Å². The van der Waals surface area contributed by atoms with E-state index in [-0.39, 0.29) is 12.0 Å². The van der Waals surface area contributed by atoms with Gasteiger partial charge < -0.3 is 18.3 Å². The van der Waals surface area contributed by atoms with E-state index in [1.807, 2.05) is 0 Å². The maximum absolute atomic E-state index is 7.10. The highest BCUT2D eigenvalue weighted by atomic mass is 16.5. The van der Waals surface area contributed by atoms with Crippen LogP contribution in [0.4, 0.5) is 0 Å². The normalized spacial score (nSPS) is 20.3. The van der Waals surface area contributed by atoms with E-state index < -0.39 is 0 Å². The number of furan rings is 1. The molecule has 3 aromatic heterocycles. The van der Waals surface area contributed by atoms with Crippen molar-refractivity contribution >= 4 is 60.7 Å². The summed E-state index contributed by atoms with van der Waals surface area (Å²) in [6.07, 6.45) is 17.9. The molecular weight excluding hydrogens is 661 g/mol. The Kier molecular flexibility index (Phi) is 6.86. The maximum Gasteiger partial charge on any atom is 0.145 e. The standard InChI is InChI=1S/C50H46N2O2/c1-51-41-21-11-17-33(31-12-4-2-5-13-31)45(41)47-42(51)26-24-37-35-23-22-30(28-44(35)53-50(37)47)29-52-40-20-9-8-16-39(40)46-43(52)27-25-38-36-19-10-18-34(48(36)54-49(38)46)32-14-6-3-7-15-32/h8-11,16-28,31-32,37,50H,2-7,12-15,29H2,1H3. The van der Waals surface area contributed by atoms with Crippen LogP contribution in [0, 0.1) is 0 Å². The second kappa shape index (κ2) is 11.9. The van der Waals surface area contributed by atoms with Gasteiger partial charge in [0.25, 0.3) is 0 Å². The molecule has 0 bridgehead atoms. The average molecular weight is 707 g/mol. The molecule has 2 saturated carbocycles. The fraction of sp³-hybridized carbons (Fsp3) is 0.320. The van der Waals surface area contributed by atoms with Gasteiger partial charge in [0.15, 0.2) is 0 Å². The van der Waals surface area contributed by atoms with E-state index in [4.69, 9.17) is 9.15 Å². The first-order valence-corrected chi connectivity index (χ1v) is 20.6. The van der Waals surface area contributed by atoms with Crippen molar-refractivity contribution in [3.63, 3.8) is 0 Å². The van der Waals surface area contributed by atoms with Crippen LogP contribution in [0.3, 0.4) is 0 Å². The summed E-state index contributed by atoms with van der Waals surface area (Å²) in [6.45, 7) is 0.760. The van der Waals surface area contributed by atoms with Crippen molar-refractivity contribution in [2.24, 2.45) is 7.05 Å². The summed E-state index contributed by atoms with van der Waals surface area (Å²) in [7, 11) is 2.23. The largest absolute Gasteiger partial charge is 0.484 e. The van der Waals surface area contributed by atoms with Crippen LogP contribution in [0.15, 0.2) is 101 Å². The maximum atomic E-state index is 7.10. The lowest BCUT2D eigenvalue weighted by Crippen LogP contribution is -2.14. The van der Waals surface area contributed by atoms with Gasteiger partial charge in [-0.25, -0.2) is 0 Å². The smallest absolute Gasteiger partial charge is 0.145 e. The van der Waals surface area contributed by atoms with Gasteiger partial charge in [0.1, 0.15) is 23.0 Å². The van der Waals surface area contributed by atoms with Crippen LogP contribution in [-0.2, 0) is 13.6 Å². The fourth-order valence-corrected chi connectivity index (χ4v) is 11.4. The number of hydrogen-bond acceptors (Lipinski definition) is 2. The van der Waals surface area contributed by atoms with Crippen LogP contribution in [0.25, 0.3) is 60.7 Å². The monoisotopic (exact) mass is 706 g/mol. The molecule has 0 radical (unpaired) electrons. The van der Waals surface area contributed by atoms with Crippen LogP contribution < -0.4 is 4.74 Å². The highest BCUT2D eigenvalue weighted by molar-refractivity contribution is 6.23. The Balaban J connectivity index is 0.945. The van der Waals surface area contributed by atoms with Crippen molar-refractivity contribution in [2.75, 3.05) is 0 Å². The highest BCUT2D eigenvalue weighted by Gasteiger charge is 2.40. The number of ether oxygens (including phenoxy) is 1. The van der Waals surface area contributed by atoms with E-state index in [1.54, 1.807) is 0 Å². The summed E-state index contributed by atoms with van der Waals surface area (Å²) in [5.41, 5.74) is 14.1. The summed E-state index contributed by atoms with van der Waals surface area (Å²) >= 11 is 0. The summed E-state index contributed by atoms with van der Waals surface area (Å²) in [6, 6.07) is 34.3. The Hall–Kier alpha value is -5.22. The zero-order valence-corrected chi connectivity index (χ0v) is 31.1. The van der Waals surface area contributed by atoms with Gasteiger partial charge in [-0.05, 0) is 90.6 Å². The van der Waals surface area contributed by atoms with Gasteiger partial charge in [-0.2, -0.15) is 0 Å². The van der Waals surface area contributed by atoms with Gasteiger partial charge in [0, 0.05) is 68.9 Å². The number of para-hydroxylation sites is 2. The van der Waals surface area contributed by atoms with Gasteiger partial charge in [-0.15, -0.1) is 0 Å². The lowest BCUT2D eigenvalue weighted by atomic mass is 9.79. The van der Waals surface area contributed by atoms with Crippen molar-refractivity contribution in [1.82, 2.24) is 9.13 Å². The minimum Gasteiger partial charge on any atom is -0.484 e. The Morgan fingerprint density at radius 2 is 1.33 bits per heavy atom. The van der Waals surface area contributed by atoms with Gasteiger partial charge in [-0.3, -0.25) is 0 Å². The van der Waals surface area contributed by atoms with Crippen LogP contribution in [0.1, 0.15) is 122 Å². The third kappa shape index (κ3) is 4.43. The lowest BCUT2D eigenvalue weighted by Gasteiger charge is -2.25. The molecule has 0 N–H and O–H groups in total. The summed E-state index contributed by atoms with van der Waals surface area (Å²) in [5, 5.41) is 6.39. The van der Waals surface area contributed by atoms with E-state index in [1.165, 1.54) is 141 Å². The van der Waals surface area contributed by atoms with E-state index in [9.17, 15) is 0 Å². The molecule has 5 aromatic carbocycles. The molecule has 4 aliphatic rings. The van der Waals surface area contributed by atoms with Crippen molar-refractivity contribution in [1.29, 1.82) is 0 Å². The number of aryl methyl sites for hydroxylation is 1. The van der Waals surface area contributed by atoms with Gasteiger partial charge in [0.05, 0.1) is 10.9 Å². The fourth-order valence-electron chi connectivity index (χ4n) is 11.4. The third-order valence-electron chi connectivity index (χ3n) is 14.0. The number of hydrogen-bond donors (Lipinski definition) is 0. The molecule has 0 amide bonds. The molecule has 1 aliphatic heterocycles. The molecule has 4 heteroatoms. The second-order valence-corrected chi connectivity index (χ2v) is 16.8. The average Bonchev–Trinajstić information content (AvgIpc) is 3.96. The Morgan fingerprint density at radius 3 is 2.19 bits per heavy atom. The van der Waals surface area contributed by atoms with Crippen LogP contribution in [0.2, 0.25) is 0 Å². The zero-order valence-electron chi connectivity index (χ0n) is 31.1. The molecular formula is C50H46N2O2. The quantitative estimate of drug-likeness (QED) is 0.182. The molecule has 3 aliphatic carbocycles. The van der Waals surface area contributed by atoms with Crippen molar-refractivity contribution in [2.45, 2.75) is 94.6 Å².